The van der Waals surface area contributed by atoms with E-state index in [1.807, 2.05) is 30.7 Å². The highest BCUT2D eigenvalue weighted by Gasteiger charge is 2.23. The van der Waals surface area contributed by atoms with Crippen molar-refractivity contribution >= 4 is 5.91 Å². The lowest BCUT2D eigenvalue weighted by Crippen LogP contribution is -2.42. The number of hydrogen-bond acceptors (Lipinski definition) is 2. The maximum atomic E-state index is 12.5. The van der Waals surface area contributed by atoms with Crippen molar-refractivity contribution in [2.24, 2.45) is 7.05 Å². The fourth-order valence-electron chi connectivity index (χ4n) is 2.26. The summed E-state index contributed by atoms with van der Waals surface area (Å²) in [5.74, 6) is 0.00773. The Morgan fingerprint density at radius 3 is 2.39 bits per heavy atom. The monoisotopic (exact) mass is 252 g/mol. The minimum Gasteiger partial charge on any atom is -0.395 e. The molecule has 0 aromatic carbocycles. The fraction of sp³-hybridized carbons (Fsp3) is 0.643. The Morgan fingerprint density at radius 2 is 2.00 bits per heavy atom. The number of rotatable bonds is 6. The zero-order valence-corrected chi connectivity index (χ0v) is 11.8. The van der Waals surface area contributed by atoms with Gasteiger partial charge in [0.15, 0.2) is 0 Å². The third-order valence-electron chi connectivity index (χ3n) is 3.58. The van der Waals surface area contributed by atoms with Gasteiger partial charge in [-0.15, -0.1) is 0 Å². The minimum absolute atomic E-state index is 0.00560. The van der Waals surface area contributed by atoms with Crippen molar-refractivity contribution < 1.29 is 9.90 Å². The van der Waals surface area contributed by atoms with Gasteiger partial charge >= 0.3 is 0 Å². The summed E-state index contributed by atoms with van der Waals surface area (Å²) in [6.45, 7) is 6.52. The summed E-state index contributed by atoms with van der Waals surface area (Å²) in [6.07, 6.45) is 1.82. The number of carbonyl (C=O) groups excluding carboxylic acids is 1. The molecule has 0 unspecified atom stereocenters. The minimum atomic E-state index is 0.00560. The highest BCUT2D eigenvalue weighted by Crippen LogP contribution is 2.15. The van der Waals surface area contributed by atoms with E-state index in [-0.39, 0.29) is 18.6 Å². The van der Waals surface area contributed by atoms with Gasteiger partial charge in [-0.2, -0.15) is 0 Å². The largest absolute Gasteiger partial charge is 0.395 e. The first-order valence-electron chi connectivity index (χ1n) is 6.60. The first-order chi connectivity index (χ1) is 8.56. The highest BCUT2D eigenvalue weighted by molar-refractivity contribution is 5.93. The van der Waals surface area contributed by atoms with E-state index in [2.05, 4.69) is 13.8 Å². The first kappa shape index (κ1) is 14.8. The van der Waals surface area contributed by atoms with Crippen LogP contribution in [0.1, 0.15) is 42.9 Å². The molecular formula is C14H24N2O2. The lowest BCUT2D eigenvalue weighted by molar-refractivity contribution is 0.0612. The number of aryl methyl sites for hydroxylation is 1. The Hall–Kier alpha value is -1.29. The van der Waals surface area contributed by atoms with Gasteiger partial charge in [-0.25, -0.2) is 0 Å². The Morgan fingerprint density at radius 1 is 1.39 bits per heavy atom. The van der Waals surface area contributed by atoms with E-state index in [0.29, 0.717) is 12.2 Å². The van der Waals surface area contributed by atoms with Crippen LogP contribution in [0.3, 0.4) is 0 Å². The Balaban J connectivity index is 2.99. The number of nitrogens with zero attached hydrogens (tertiary/aromatic N) is 2. The van der Waals surface area contributed by atoms with Crippen molar-refractivity contribution in [1.82, 2.24) is 9.47 Å². The van der Waals surface area contributed by atoms with Crippen molar-refractivity contribution in [3.8, 4) is 0 Å². The molecule has 1 amide bonds. The summed E-state index contributed by atoms with van der Waals surface area (Å²) in [5.41, 5.74) is 1.75. The van der Waals surface area contributed by atoms with Gasteiger partial charge in [-0.05, 0) is 31.9 Å². The van der Waals surface area contributed by atoms with E-state index in [0.717, 1.165) is 18.5 Å². The molecule has 0 bridgehead atoms. The molecule has 0 atom stereocenters. The van der Waals surface area contributed by atoms with Crippen LogP contribution in [0.5, 0.6) is 0 Å². The Bertz CT molecular complexity index is 394. The van der Waals surface area contributed by atoms with Crippen molar-refractivity contribution in [3.63, 3.8) is 0 Å². The Labute approximate surface area is 109 Å². The zero-order chi connectivity index (χ0) is 13.7. The molecule has 18 heavy (non-hydrogen) atoms. The summed E-state index contributed by atoms with van der Waals surface area (Å²) >= 11 is 0. The molecule has 1 N–H and O–H groups in total. The number of hydrogen-bond donors (Lipinski definition) is 1. The van der Waals surface area contributed by atoms with Crippen LogP contribution in [0.4, 0.5) is 0 Å². The van der Waals surface area contributed by atoms with E-state index in [1.165, 1.54) is 0 Å². The molecule has 4 heteroatoms. The summed E-state index contributed by atoms with van der Waals surface area (Å²) in [4.78, 5) is 14.3. The van der Waals surface area contributed by atoms with E-state index in [4.69, 9.17) is 5.11 Å². The van der Waals surface area contributed by atoms with Crippen molar-refractivity contribution in [1.29, 1.82) is 0 Å². The second-order valence-corrected chi connectivity index (χ2v) is 4.61. The predicted octanol–water partition coefficient (Wildman–Crippen LogP) is 1.96. The predicted molar refractivity (Wildman–Crippen MR) is 72.6 cm³/mol. The molecule has 1 rings (SSSR count). The Kier molecular flexibility index (Phi) is 5.41. The fourth-order valence-corrected chi connectivity index (χ4v) is 2.26. The molecule has 0 aliphatic carbocycles. The molecule has 0 spiro atoms. The van der Waals surface area contributed by atoms with Crippen LogP contribution < -0.4 is 0 Å². The molecule has 4 nitrogen and oxygen atoms in total. The number of aliphatic hydroxyl groups is 1. The molecule has 0 saturated heterocycles. The molecule has 1 aromatic rings. The van der Waals surface area contributed by atoms with Crippen molar-refractivity contribution in [3.05, 3.63) is 23.5 Å². The number of amides is 1. The lowest BCUT2D eigenvalue weighted by atomic mass is 10.1. The molecule has 0 fully saturated rings. The normalized spacial score (nSPS) is 11.0. The topological polar surface area (TPSA) is 45.5 Å². The van der Waals surface area contributed by atoms with Gasteiger partial charge in [0.1, 0.15) is 5.69 Å². The van der Waals surface area contributed by atoms with Gasteiger partial charge in [0, 0.05) is 25.3 Å². The highest BCUT2D eigenvalue weighted by atomic mass is 16.3. The van der Waals surface area contributed by atoms with Crippen LogP contribution in [-0.2, 0) is 7.05 Å². The first-order valence-corrected chi connectivity index (χ1v) is 6.60. The summed E-state index contributed by atoms with van der Waals surface area (Å²) in [5, 5.41) is 9.15. The van der Waals surface area contributed by atoms with Gasteiger partial charge in [0.25, 0.3) is 5.91 Å². The van der Waals surface area contributed by atoms with Crippen LogP contribution in [0.15, 0.2) is 12.1 Å². The molecule has 102 valence electrons. The van der Waals surface area contributed by atoms with E-state index in [1.54, 1.807) is 4.90 Å². The standard InChI is InChI=1S/C14H24N2O2/c1-5-12(6-2)16(9-10-17)14(18)13-8-7-11(3)15(13)4/h7-8,12,17H,5-6,9-10H2,1-4H3. The third kappa shape index (κ3) is 2.93. The third-order valence-corrected chi connectivity index (χ3v) is 3.58. The lowest BCUT2D eigenvalue weighted by Gasteiger charge is -2.30. The average molecular weight is 252 g/mol. The average Bonchev–Trinajstić information content (AvgIpc) is 2.69. The van der Waals surface area contributed by atoms with Crippen LogP contribution in [0, 0.1) is 6.92 Å². The SMILES string of the molecule is CCC(CC)N(CCO)C(=O)c1ccc(C)n1C. The van der Waals surface area contributed by atoms with Gasteiger partial charge in [-0.3, -0.25) is 4.79 Å². The second kappa shape index (κ2) is 6.59. The molecule has 0 aliphatic rings. The second-order valence-electron chi connectivity index (χ2n) is 4.61. The molecular weight excluding hydrogens is 228 g/mol. The number of aliphatic hydroxyl groups excluding tert-OH is 1. The van der Waals surface area contributed by atoms with Crippen LogP contribution in [0.25, 0.3) is 0 Å². The molecule has 0 aliphatic heterocycles. The van der Waals surface area contributed by atoms with Gasteiger partial charge in [0.2, 0.25) is 0 Å². The zero-order valence-electron chi connectivity index (χ0n) is 11.8. The quantitative estimate of drug-likeness (QED) is 0.841. The van der Waals surface area contributed by atoms with Gasteiger partial charge < -0.3 is 14.6 Å². The summed E-state index contributed by atoms with van der Waals surface area (Å²) in [6, 6.07) is 3.99. The van der Waals surface area contributed by atoms with E-state index < -0.39 is 0 Å². The molecule has 0 saturated carbocycles. The van der Waals surface area contributed by atoms with Gasteiger partial charge in [0.05, 0.1) is 6.61 Å². The summed E-state index contributed by atoms with van der Waals surface area (Å²) in [7, 11) is 1.90. The maximum Gasteiger partial charge on any atom is 0.270 e. The van der Waals surface area contributed by atoms with Crippen LogP contribution in [-0.4, -0.2) is 39.7 Å². The molecule has 1 aromatic heterocycles. The number of carbonyl (C=O) groups is 1. The summed E-state index contributed by atoms with van der Waals surface area (Å²) < 4.78 is 1.90. The van der Waals surface area contributed by atoms with Crippen molar-refractivity contribution in [2.75, 3.05) is 13.2 Å². The van der Waals surface area contributed by atoms with Crippen LogP contribution in [0.2, 0.25) is 0 Å². The van der Waals surface area contributed by atoms with E-state index in [9.17, 15) is 4.79 Å². The maximum absolute atomic E-state index is 12.5. The smallest absolute Gasteiger partial charge is 0.270 e. The van der Waals surface area contributed by atoms with Crippen LogP contribution >= 0.6 is 0 Å². The van der Waals surface area contributed by atoms with Gasteiger partial charge in [-0.1, -0.05) is 13.8 Å². The number of aromatic nitrogens is 1. The molecule has 1 heterocycles. The van der Waals surface area contributed by atoms with E-state index >= 15 is 0 Å². The van der Waals surface area contributed by atoms with Crippen molar-refractivity contribution in [2.45, 2.75) is 39.7 Å². The molecule has 0 radical (unpaired) electrons.